The van der Waals surface area contributed by atoms with Crippen molar-refractivity contribution >= 4 is 36.7 Å². The van der Waals surface area contributed by atoms with Crippen LogP contribution < -0.4 is 15.9 Å². The molecule has 0 radical (unpaired) electrons. The van der Waals surface area contributed by atoms with E-state index in [-0.39, 0.29) is 0 Å². The zero-order valence-corrected chi connectivity index (χ0v) is 21.1. The van der Waals surface area contributed by atoms with Gasteiger partial charge in [-0.1, -0.05) is 0 Å². The number of hydrogen-bond donors (Lipinski definition) is 0. The van der Waals surface area contributed by atoms with E-state index in [0.717, 1.165) is 31.8 Å². The summed E-state index contributed by atoms with van der Waals surface area (Å²) in [6, 6.07) is 33.2. The maximum atomic E-state index is 4.53. The Kier molecular flexibility index (Phi) is 8.31. The molecular weight excluding hydrogens is 459 g/mol. The third-order valence-corrected chi connectivity index (χ3v) is 16.0. The van der Waals surface area contributed by atoms with Gasteiger partial charge < -0.3 is 0 Å². The molecule has 0 fully saturated rings. The summed E-state index contributed by atoms with van der Waals surface area (Å²) in [4.78, 5) is 0. The van der Waals surface area contributed by atoms with E-state index in [4.69, 9.17) is 0 Å². The first kappa shape index (κ1) is 23.5. The van der Waals surface area contributed by atoms with Crippen LogP contribution in [0.2, 0.25) is 0 Å². The minimum atomic E-state index is -2.79. The summed E-state index contributed by atoms with van der Waals surface area (Å²) in [6.45, 7) is 4.17. The molecule has 3 aromatic carbocycles. The van der Waals surface area contributed by atoms with E-state index in [1.165, 1.54) is 21.5 Å². The number of hydrogen-bond acceptors (Lipinski definition) is 0. The van der Waals surface area contributed by atoms with E-state index in [0.29, 0.717) is 0 Å². The third kappa shape index (κ3) is 5.20. The van der Waals surface area contributed by atoms with Crippen LogP contribution in [-0.4, -0.2) is 6.16 Å². The fourth-order valence-electron chi connectivity index (χ4n) is 4.32. The Bertz CT molecular complexity index is 944. The molecule has 0 aliphatic heterocycles. The predicted molar refractivity (Wildman–Crippen MR) is 145 cm³/mol. The van der Waals surface area contributed by atoms with Crippen molar-refractivity contribution in [1.29, 1.82) is 0 Å². The van der Waals surface area contributed by atoms with E-state index in [9.17, 15) is 0 Å². The second-order valence-corrected chi connectivity index (χ2v) is 17.1. The third-order valence-electron chi connectivity index (χ3n) is 5.97. The number of unbranched alkanes of at least 4 members (excludes halogenated alkanes) is 1. The zero-order valence-electron chi connectivity index (χ0n) is 18.6. The average Bonchev–Trinajstić information content (AvgIpc) is 2.83. The van der Waals surface area contributed by atoms with Crippen LogP contribution in [0.4, 0.5) is 0 Å². The summed E-state index contributed by atoms with van der Waals surface area (Å²) >= 11 is 4.53. The van der Waals surface area contributed by atoms with Gasteiger partial charge in [-0.3, -0.25) is 0 Å². The van der Waals surface area contributed by atoms with Gasteiger partial charge >= 0.3 is 197 Å². The molecule has 0 saturated heterocycles. The number of rotatable bonds is 9. The van der Waals surface area contributed by atoms with E-state index in [1.807, 2.05) is 6.92 Å². The molecule has 0 nitrogen and oxygen atoms in total. The summed E-state index contributed by atoms with van der Waals surface area (Å²) in [5.74, 6) is 6.14. The van der Waals surface area contributed by atoms with Crippen LogP contribution in [0.1, 0.15) is 39.5 Å². The monoisotopic (exact) mass is 490 g/mol. The van der Waals surface area contributed by atoms with Gasteiger partial charge in [-0.25, -0.2) is 0 Å². The number of benzene rings is 3. The number of allylic oxidation sites excluding steroid dienone is 2. The normalized spacial score (nSPS) is 13.0. The van der Waals surface area contributed by atoms with Gasteiger partial charge in [-0.15, -0.1) is 0 Å². The molecule has 2 heteroatoms. The molecule has 0 bridgehead atoms. The Morgan fingerprint density at radius 3 is 1.68 bits per heavy atom. The van der Waals surface area contributed by atoms with Gasteiger partial charge in [0, 0.05) is 0 Å². The van der Waals surface area contributed by atoms with Gasteiger partial charge in [-0.05, 0) is 0 Å². The van der Waals surface area contributed by atoms with Crippen LogP contribution in [0.15, 0.2) is 103 Å². The van der Waals surface area contributed by atoms with Crippen molar-refractivity contribution in [2.24, 2.45) is 0 Å². The van der Waals surface area contributed by atoms with Crippen molar-refractivity contribution in [3.05, 3.63) is 103 Å². The standard InChI is InChI=1S/C29H32BrP/c1-3-4-5-9-17-26(2)18-16-25-31(30,27-19-10-6-11-20-27,28-21-12-7-13-22-28)29-23-14-8-15-24-29/h6-8,10-15,17,19-24H,5,9,16,18,25H2,1-2H3/b26-17+. The van der Waals surface area contributed by atoms with Gasteiger partial charge in [0.2, 0.25) is 0 Å². The van der Waals surface area contributed by atoms with E-state index < -0.39 is 5.31 Å². The zero-order chi connectivity index (χ0) is 22.0. The molecule has 160 valence electrons. The molecule has 0 aromatic heterocycles. The molecule has 0 spiro atoms. The second kappa shape index (κ2) is 10.9. The molecule has 3 rings (SSSR count). The minimum absolute atomic E-state index is 0.948. The second-order valence-electron chi connectivity index (χ2n) is 8.03. The fourth-order valence-corrected chi connectivity index (χ4v) is 12.0. The van der Waals surface area contributed by atoms with Crippen LogP contribution in [0.25, 0.3) is 0 Å². The van der Waals surface area contributed by atoms with Crippen molar-refractivity contribution in [1.82, 2.24) is 0 Å². The summed E-state index contributed by atoms with van der Waals surface area (Å²) in [6.07, 6.45) is 7.67. The van der Waals surface area contributed by atoms with E-state index in [1.54, 1.807) is 0 Å². The summed E-state index contributed by atoms with van der Waals surface area (Å²) in [5.41, 5.74) is 1.46. The Morgan fingerprint density at radius 1 is 0.806 bits per heavy atom. The SMILES string of the molecule is CC#CCC/C=C(\C)CCCP(Br)(c1ccccc1)(c1ccccc1)c1ccccc1. The van der Waals surface area contributed by atoms with Gasteiger partial charge in [-0.2, -0.15) is 0 Å². The van der Waals surface area contributed by atoms with Gasteiger partial charge in [0.15, 0.2) is 0 Å². The van der Waals surface area contributed by atoms with Crippen LogP contribution in [0.3, 0.4) is 0 Å². The first-order chi connectivity index (χ1) is 15.1. The Hall–Kier alpha value is -2.13. The van der Waals surface area contributed by atoms with Crippen LogP contribution in [0.5, 0.6) is 0 Å². The van der Waals surface area contributed by atoms with Crippen molar-refractivity contribution < 1.29 is 0 Å². The van der Waals surface area contributed by atoms with Crippen molar-refractivity contribution in [3.8, 4) is 11.8 Å². The molecule has 3 aromatic rings. The van der Waals surface area contributed by atoms with E-state index in [2.05, 4.69) is 131 Å². The maximum absolute atomic E-state index is 4.53. The predicted octanol–water partition coefficient (Wildman–Crippen LogP) is 7.36. The van der Waals surface area contributed by atoms with Crippen molar-refractivity contribution in [2.75, 3.05) is 6.16 Å². The molecule has 0 N–H and O–H groups in total. The first-order valence-electron chi connectivity index (χ1n) is 11.0. The number of halogens is 1. The van der Waals surface area contributed by atoms with Crippen LogP contribution >= 0.6 is 20.8 Å². The molecule has 31 heavy (non-hydrogen) atoms. The Morgan fingerprint density at radius 2 is 1.26 bits per heavy atom. The van der Waals surface area contributed by atoms with Crippen molar-refractivity contribution in [2.45, 2.75) is 39.5 Å². The molecule has 0 saturated carbocycles. The summed E-state index contributed by atoms with van der Waals surface area (Å²) in [5, 5.41) is 1.40. The molecule has 0 unspecified atom stereocenters. The van der Waals surface area contributed by atoms with Gasteiger partial charge in [0.05, 0.1) is 0 Å². The molecular formula is C29H32BrP. The van der Waals surface area contributed by atoms with Crippen LogP contribution in [-0.2, 0) is 0 Å². The molecule has 0 amide bonds. The fraction of sp³-hybridized carbons (Fsp3) is 0.241. The van der Waals surface area contributed by atoms with Gasteiger partial charge in [0.1, 0.15) is 0 Å². The van der Waals surface area contributed by atoms with Crippen LogP contribution in [0, 0.1) is 11.8 Å². The van der Waals surface area contributed by atoms with E-state index >= 15 is 0 Å². The first-order valence-corrected chi connectivity index (χ1v) is 15.5. The molecule has 0 aliphatic carbocycles. The quantitative estimate of drug-likeness (QED) is 0.127. The Balaban J connectivity index is 2.03. The topological polar surface area (TPSA) is 0 Å². The van der Waals surface area contributed by atoms with Gasteiger partial charge in [0.25, 0.3) is 0 Å². The molecule has 0 atom stereocenters. The summed E-state index contributed by atoms with van der Waals surface area (Å²) < 4.78 is 0. The Labute approximate surface area is 196 Å². The summed E-state index contributed by atoms with van der Waals surface area (Å²) in [7, 11) is 0. The molecule has 0 heterocycles. The molecule has 0 aliphatic rings. The average molecular weight is 491 g/mol. The van der Waals surface area contributed by atoms with Crippen molar-refractivity contribution in [3.63, 3.8) is 0 Å².